The first-order valence-electron chi connectivity index (χ1n) is 7.98. The van der Waals surface area contributed by atoms with Crippen molar-refractivity contribution < 1.29 is 0 Å². The molecule has 4 rings (SSSR count). The van der Waals surface area contributed by atoms with E-state index < -0.39 is 0 Å². The van der Waals surface area contributed by atoms with Crippen molar-refractivity contribution in [3.63, 3.8) is 0 Å². The van der Waals surface area contributed by atoms with Crippen molar-refractivity contribution in [3.8, 4) is 5.69 Å². The zero-order valence-corrected chi connectivity index (χ0v) is 13.2. The van der Waals surface area contributed by atoms with Crippen molar-refractivity contribution in [2.24, 2.45) is 5.73 Å². The molecular weight excluding hydrogens is 288 g/mol. The summed E-state index contributed by atoms with van der Waals surface area (Å²) >= 11 is 0. The van der Waals surface area contributed by atoms with Crippen LogP contribution in [0.2, 0.25) is 0 Å². The van der Waals surface area contributed by atoms with Crippen molar-refractivity contribution in [3.05, 3.63) is 42.4 Å². The summed E-state index contributed by atoms with van der Waals surface area (Å²) in [4.78, 5) is 11.2. The van der Waals surface area contributed by atoms with Gasteiger partial charge in [0.15, 0.2) is 5.65 Å². The van der Waals surface area contributed by atoms with Crippen LogP contribution in [-0.2, 0) is 0 Å². The zero-order valence-electron chi connectivity index (χ0n) is 13.2. The fourth-order valence-electron chi connectivity index (χ4n) is 3.07. The first-order valence-corrected chi connectivity index (χ1v) is 7.98. The molecule has 1 aliphatic heterocycles. The summed E-state index contributed by atoms with van der Waals surface area (Å²) in [6, 6.07) is 8.58. The zero-order chi connectivity index (χ0) is 15.8. The second kappa shape index (κ2) is 5.62. The first kappa shape index (κ1) is 14.1. The second-order valence-electron chi connectivity index (χ2n) is 6.15. The summed E-state index contributed by atoms with van der Waals surface area (Å²) in [6.45, 7) is 3.94. The van der Waals surface area contributed by atoms with Crippen LogP contribution in [0.25, 0.3) is 16.7 Å². The Kier molecular flexibility index (Phi) is 3.46. The van der Waals surface area contributed by atoms with E-state index in [-0.39, 0.29) is 0 Å². The van der Waals surface area contributed by atoms with Crippen molar-refractivity contribution in [2.45, 2.75) is 25.8 Å². The third-order valence-corrected chi connectivity index (χ3v) is 4.46. The number of fused-ring (bicyclic) bond motifs is 1. The van der Waals surface area contributed by atoms with E-state index in [1.54, 1.807) is 6.33 Å². The fourth-order valence-corrected chi connectivity index (χ4v) is 3.07. The van der Waals surface area contributed by atoms with E-state index in [4.69, 9.17) is 5.73 Å². The maximum absolute atomic E-state index is 6.00. The highest BCUT2D eigenvalue weighted by molar-refractivity contribution is 5.87. The maximum atomic E-state index is 6.00. The van der Waals surface area contributed by atoms with E-state index >= 15 is 0 Å². The lowest BCUT2D eigenvalue weighted by Crippen LogP contribution is -2.40. The minimum atomic E-state index is 0.304. The number of piperidine rings is 1. The molecule has 2 aromatic heterocycles. The van der Waals surface area contributed by atoms with E-state index in [0.717, 1.165) is 48.5 Å². The van der Waals surface area contributed by atoms with Gasteiger partial charge in [0.05, 0.1) is 17.3 Å². The van der Waals surface area contributed by atoms with Gasteiger partial charge in [-0.2, -0.15) is 5.10 Å². The Bertz CT molecular complexity index is 815. The lowest BCUT2D eigenvalue weighted by molar-refractivity contribution is 0.499. The first-order chi connectivity index (χ1) is 11.2. The van der Waals surface area contributed by atoms with Crippen LogP contribution in [0, 0.1) is 6.92 Å². The van der Waals surface area contributed by atoms with Gasteiger partial charge < -0.3 is 10.6 Å². The molecule has 0 aliphatic carbocycles. The van der Waals surface area contributed by atoms with Gasteiger partial charge in [-0.3, -0.25) is 0 Å². The Balaban J connectivity index is 1.76. The smallest absolute Gasteiger partial charge is 0.168 e. The molecule has 23 heavy (non-hydrogen) atoms. The molecule has 1 saturated heterocycles. The summed E-state index contributed by atoms with van der Waals surface area (Å²) in [7, 11) is 0. The third kappa shape index (κ3) is 2.55. The average Bonchev–Trinajstić information content (AvgIpc) is 3.00. The van der Waals surface area contributed by atoms with Crippen LogP contribution in [0.15, 0.2) is 36.8 Å². The molecule has 2 N–H and O–H groups in total. The number of benzene rings is 1. The largest absolute Gasteiger partial charge is 0.356 e. The summed E-state index contributed by atoms with van der Waals surface area (Å²) in [5, 5.41) is 5.52. The number of nitrogens with zero attached hydrogens (tertiary/aromatic N) is 5. The van der Waals surface area contributed by atoms with E-state index in [2.05, 4.69) is 51.2 Å². The van der Waals surface area contributed by atoms with Crippen LogP contribution >= 0.6 is 0 Å². The van der Waals surface area contributed by atoms with Crippen molar-refractivity contribution in [1.29, 1.82) is 0 Å². The minimum absolute atomic E-state index is 0.304. The van der Waals surface area contributed by atoms with Crippen molar-refractivity contribution >= 4 is 16.9 Å². The molecule has 6 nitrogen and oxygen atoms in total. The molecule has 0 radical (unpaired) electrons. The molecule has 1 fully saturated rings. The highest BCUT2D eigenvalue weighted by Crippen LogP contribution is 2.26. The SMILES string of the molecule is Cc1ccc(-n2ncc3c(N4CCC(N)CC4)ncnc32)cc1. The minimum Gasteiger partial charge on any atom is -0.356 e. The summed E-state index contributed by atoms with van der Waals surface area (Å²) in [5.41, 5.74) is 9.08. The Morgan fingerprint density at radius 1 is 1.09 bits per heavy atom. The van der Waals surface area contributed by atoms with E-state index in [1.807, 2.05) is 10.9 Å². The Labute approximate surface area is 135 Å². The molecule has 1 aliphatic rings. The fraction of sp³-hybridized carbons (Fsp3) is 0.353. The molecule has 0 spiro atoms. The van der Waals surface area contributed by atoms with Crippen LogP contribution < -0.4 is 10.6 Å². The molecule has 118 valence electrons. The van der Waals surface area contributed by atoms with Gasteiger partial charge >= 0.3 is 0 Å². The molecule has 0 saturated carbocycles. The molecule has 3 heterocycles. The molecule has 1 aromatic carbocycles. The van der Waals surface area contributed by atoms with Crippen molar-refractivity contribution in [1.82, 2.24) is 19.7 Å². The van der Waals surface area contributed by atoms with Crippen LogP contribution in [-0.4, -0.2) is 38.9 Å². The monoisotopic (exact) mass is 308 g/mol. The average molecular weight is 308 g/mol. The highest BCUT2D eigenvalue weighted by atomic mass is 15.3. The number of aryl methyl sites for hydroxylation is 1. The lowest BCUT2D eigenvalue weighted by Gasteiger charge is -2.31. The number of hydrogen-bond acceptors (Lipinski definition) is 5. The van der Waals surface area contributed by atoms with Crippen molar-refractivity contribution in [2.75, 3.05) is 18.0 Å². The van der Waals surface area contributed by atoms with Gasteiger partial charge in [-0.25, -0.2) is 14.6 Å². The van der Waals surface area contributed by atoms with E-state index in [9.17, 15) is 0 Å². The van der Waals surface area contributed by atoms with Crippen LogP contribution in [0.4, 0.5) is 5.82 Å². The summed E-state index contributed by atoms with van der Waals surface area (Å²) in [6.07, 6.45) is 5.48. The molecule has 3 aromatic rings. The standard InChI is InChI=1S/C17H20N6/c1-12-2-4-14(5-3-12)23-17-15(10-21-23)16(19-11-20-17)22-8-6-13(18)7-9-22/h2-5,10-11,13H,6-9,18H2,1H3. The summed E-state index contributed by atoms with van der Waals surface area (Å²) < 4.78 is 1.87. The summed E-state index contributed by atoms with van der Waals surface area (Å²) in [5.74, 6) is 0.959. The Hall–Kier alpha value is -2.47. The number of aromatic nitrogens is 4. The number of anilines is 1. The van der Waals surface area contributed by atoms with Crippen LogP contribution in [0.3, 0.4) is 0 Å². The number of hydrogen-bond donors (Lipinski definition) is 1. The predicted molar refractivity (Wildman–Crippen MR) is 90.8 cm³/mol. The van der Waals surface area contributed by atoms with Crippen LogP contribution in [0.1, 0.15) is 18.4 Å². The maximum Gasteiger partial charge on any atom is 0.168 e. The van der Waals surface area contributed by atoms with Gasteiger partial charge in [-0.05, 0) is 31.9 Å². The van der Waals surface area contributed by atoms with Gasteiger partial charge in [-0.1, -0.05) is 17.7 Å². The van der Waals surface area contributed by atoms with Gasteiger partial charge in [-0.15, -0.1) is 0 Å². The third-order valence-electron chi connectivity index (χ3n) is 4.46. The van der Waals surface area contributed by atoms with Gasteiger partial charge in [0.2, 0.25) is 0 Å². The normalized spacial score (nSPS) is 16.2. The van der Waals surface area contributed by atoms with E-state index in [1.165, 1.54) is 5.56 Å². The quantitative estimate of drug-likeness (QED) is 0.784. The predicted octanol–water partition coefficient (Wildman–Crippen LogP) is 2.05. The lowest BCUT2D eigenvalue weighted by atomic mass is 10.1. The van der Waals surface area contributed by atoms with Crippen LogP contribution in [0.5, 0.6) is 0 Å². The number of rotatable bonds is 2. The van der Waals surface area contributed by atoms with Gasteiger partial charge in [0.25, 0.3) is 0 Å². The highest BCUT2D eigenvalue weighted by Gasteiger charge is 2.21. The molecule has 6 heteroatoms. The van der Waals surface area contributed by atoms with Gasteiger partial charge in [0, 0.05) is 19.1 Å². The van der Waals surface area contributed by atoms with Gasteiger partial charge in [0.1, 0.15) is 12.1 Å². The Morgan fingerprint density at radius 3 is 2.57 bits per heavy atom. The molecule has 0 unspecified atom stereocenters. The molecular formula is C17H20N6. The second-order valence-corrected chi connectivity index (χ2v) is 6.15. The Morgan fingerprint density at radius 2 is 1.83 bits per heavy atom. The van der Waals surface area contributed by atoms with E-state index in [0.29, 0.717) is 6.04 Å². The number of nitrogens with two attached hydrogens (primary N) is 1. The molecule has 0 bridgehead atoms. The molecule has 0 amide bonds. The molecule has 0 atom stereocenters. The topological polar surface area (TPSA) is 72.9 Å².